The second-order valence-corrected chi connectivity index (χ2v) is 7.50. The fourth-order valence-electron chi connectivity index (χ4n) is 1.95. The molecule has 5 nitrogen and oxygen atoms in total. The molecule has 0 unspecified atom stereocenters. The predicted molar refractivity (Wildman–Crippen MR) is 85.2 cm³/mol. The zero-order valence-electron chi connectivity index (χ0n) is 11.4. The standard InChI is InChI=1S/C14H11Cl2NO4S/c1-9-6-12(17(18)19)4-2-10(9)8-22(20,21)14-7-11(15)3-5-13(14)16/h2-7H,8H2,1H3. The molecule has 0 aliphatic heterocycles. The van der Waals surface area contributed by atoms with Crippen molar-refractivity contribution in [1.29, 1.82) is 0 Å². The smallest absolute Gasteiger partial charge is 0.258 e. The summed E-state index contributed by atoms with van der Waals surface area (Å²) in [5.41, 5.74) is 0.914. The average molecular weight is 360 g/mol. The van der Waals surface area contributed by atoms with Crippen molar-refractivity contribution in [2.45, 2.75) is 17.6 Å². The predicted octanol–water partition coefficient (Wildman–Crippen LogP) is 4.18. The molecule has 0 amide bonds. The van der Waals surface area contributed by atoms with Gasteiger partial charge in [0, 0.05) is 17.2 Å². The van der Waals surface area contributed by atoms with Gasteiger partial charge in [0.1, 0.15) is 0 Å². The highest BCUT2D eigenvalue weighted by molar-refractivity contribution is 7.90. The summed E-state index contributed by atoms with van der Waals surface area (Å²) in [4.78, 5) is 10.1. The molecule has 8 heteroatoms. The number of rotatable bonds is 4. The summed E-state index contributed by atoms with van der Waals surface area (Å²) in [7, 11) is -3.71. The molecule has 0 aliphatic carbocycles. The number of nitro groups is 1. The number of sulfone groups is 1. The maximum Gasteiger partial charge on any atom is 0.269 e. The van der Waals surface area contributed by atoms with Crippen LogP contribution in [0.4, 0.5) is 5.69 Å². The lowest BCUT2D eigenvalue weighted by molar-refractivity contribution is -0.384. The zero-order chi connectivity index (χ0) is 16.5. The van der Waals surface area contributed by atoms with Gasteiger partial charge in [-0.15, -0.1) is 0 Å². The fraction of sp³-hybridized carbons (Fsp3) is 0.143. The minimum atomic E-state index is -3.71. The first-order chi connectivity index (χ1) is 10.2. The van der Waals surface area contributed by atoms with Crippen LogP contribution in [0, 0.1) is 17.0 Å². The number of benzene rings is 2. The highest BCUT2D eigenvalue weighted by atomic mass is 35.5. The Morgan fingerprint density at radius 1 is 1.14 bits per heavy atom. The number of hydrogen-bond acceptors (Lipinski definition) is 4. The van der Waals surface area contributed by atoms with Gasteiger partial charge in [0.05, 0.1) is 20.6 Å². The molecule has 0 radical (unpaired) electrons. The van der Waals surface area contributed by atoms with Crippen molar-refractivity contribution in [2.24, 2.45) is 0 Å². The van der Waals surface area contributed by atoms with E-state index in [1.165, 1.54) is 36.4 Å². The fourth-order valence-corrected chi connectivity index (χ4v) is 4.22. The Kier molecular flexibility index (Phi) is 4.75. The van der Waals surface area contributed by atoms with Crippen molar-refractivity contribution in [2.75, 3.05) is 0 Å². The number of hydrogen-bond donors (Lipinski definition) is 0. The summed E-state index contributed by atoms with van der Waals surface area (Å²) in [6, 6.07) is 8.25. The number of nitrogens with zero attached hydrogens (tertiary/aromatic N) is 1. The van der Waals surface area contributed by atoms with E-state index in [-0.39, 0.29) is 26.4 Å². The maximum atomic E-state index is 12.5. The van der Waals surface area contributed by atoms with Crippen molar-refractivity contribution in [3.63, 3.8) is 0 Å². The van der Waals surface area contributed by atoms with E-state index < -0.39 is 14.8 Å². The largest absolute Gasteiger partial charge is 0.269 e. The van der Waals surface area contributed by atoms with Gasteiger partial charge in [-0.25, -0.2) is 8.42 Å². The number of non-ortho nitro benzene ring substituents is 1. The van der Waals surface area contributed by atoms with E-state index in [9.17, 15) is 18.5 Å². The molecule has 0 N–H and O–H groups in total. The van der Waals surface area contributed by atoms with Crippen LogP contribution in [-0.2, 0) is 15.6 Å². The van der Waals surface area contributed by atoms with E-state index in [2.05, 4.69) is 0 Å². The Morgan fingerprint density at radius 2 is 1.82 bits per heavy atom. The molecule has 0 saturated carbocycles. The highest BCUT2D eigenvalue weighted by Crippen LogP contribution is 2.29. The molecule has 22 heavy (non-hydrogen) atoms. The molecule has 0 aliphatic rings. The summed E-state index contributed by atoms with van der Waals surface area (Å²) < 4.78 is 24.9. The third-order valence-electron chi connectivity index (χ3n) is 3.11. The van der Waals surface area contributed by atoms with Crippen molar-refractivity contribution >= 4 is 38.7 Å². The SMILES string of the molecule is Cc1cc([N+](=O)[O-])ccc1CS(=O)(=O)c1cc(Cl)ccc1Cl. The first kappa shape index (κ1) is 16.7. The quantitative estimate of drug-likeness (QED) is 0.605. The molecule has 2 rings (SSSR count). The second-order valence-electron chi connectivity index (χ2n) is 4.70. The van der Waals surface area contributed by atoms with Crippen molar-refractivity contribution in [3.05, 3.63) is 67.7 Å². The van der Waals surface area contributed by atoms with Gasteiger partial charge in [-0.1, -0.05) is 29.3 Å². The Bertz CT molecular complexity index is 850. The molecule has 116 valence electrons. The van der Waals surface area contributed by atoms with Crippen LogP contribution >= 0.6 is 23.2 Å². The Labute approximate surface area is 137 Å². The van der Waals surface area contributed by atoms with Gasteiger partial charge >= 0.3 is 0 Å². The van der Waals surface area contributed by atoms with E-state index in [0.29, 0.717) is 11.1 Å². The Balaban J connectivity index is 2.41. The molecule has 0 fully saturated rings. The van der Waals surface area contributed by atoms with Gasteiger partial charge in [-0.05, 0) is 36.2 Å². The third-order valence-corrected chi connectivity index (χ3v) is 5.49. The van der Waals surface area contributed by atoms with E-state index in [1.54, 1.807) is 6.92 Å². The number of aryl methyl sites for hydroxylation is 1. The summed E-state index contributed by atoms with van der Waals surface area (Å²) in [6.07, 6.45) is 0. The summed E-state index contributed by atoms with van der Waals surface area (Å²) in [6.45, 7) is 1.62. The molecule has 0 saturated heterocycles. The molecular weight excluding hydrogens is 349 g/mol. The lowest BCUT2D eigenvalue weighted by Crippen LogP contribution is -2.07. The normalized spacial score (nSPS) is 11.4. The van der Waals surface area contributed by atoms with Crippen LogP contribution in [0.3, 0.4) is 0 Å². The first-order valence-corrected chi connectivity index (χ1v) is 8.53. The van der Waals surface area contributed by atoms with E-state index in [0.717, 1.165) is 0 Å². The lowest BCUT2D eigenvalue weighted by Gasteiger charge is -2.09. The van der Waals surface area contributed by atoms with Crippen molar-refractivity contribution in [3.8, 4) is 0 Å². The first-order valence-electron chi connectivity index (χ1n) is 6.12. The van der Waals surface area contributed by atoms with Crippen LogP contribution < -0.4 is 0 Å². The minimum absolute atomic E-state index is 0.0561. The topological polar surface area (TPSA) is 77.3 Å². The Morgan fingerprint density at radius 3 is 2.41 bits per heavy atom. The highest BCUT2D eigenvalue weighted by Gasteiger charge is 2.21. The Hall–Kier alpha value is -1.63. The number of nitro benzene ring substituents is 1. The van der Waals surface area contributed by atoms with Crippen LogP contribution in [0.15, 0.2) is 41.3 Å². The molecule has 0 bridgehead atoms. The molecule has 2 aromatic rings. The van der Waals surface area contributed by atoms with Crippen molar-refractivity contribution in [1.82, 2.24) is 0 Å². The van der Waals surface area contributed by atoms with Crippen LogP contribution in [0.1, 0.15) is 11.1 Å². The number of halogens is 2. The van der Waals surface area contributed by atoms with Crippen LogP contribution in [0.25, 0.3) is 0 Å². The minimum Gasteiger partial charge on any atom is -0.258 e. The van der Waals surface area contributed by atoms with Gasteiger partial charge in [0.15, 0.2) is 9.84 Å². The molecule has 0 atom stereocenters. The summed E-state index contributed by atoms with van der Waals surface area (Å²) in [5.74, 6) is -0.309. The van der Waals surface area contributed by atoms with E-state index in [4.69, 9.17) is 23.2 Å². The maximum absolute atomic E-state index is 12.5. The van der Waals surface area contributed by atoms with Crippen LogP contribution in [0.5, 0.6) is 0 Å². The summed E-state index contributed by atoms with van der Waals surface area (Å²) in [5, 5.41) is 11.1. The van der Waals surface area contributed by atoms with E-state index in [1.807, 2.05) is 0 Å². The molecule has 0 spiro atoms. The third kappa shape index (κ3) is 3.58. The zero-order valence-corrected chi connectivity index (χ0v) is 13.7. The van der Waals surface area contributed by atoms with Gasteiger partial charge in [-0.3, -0.25) is 10.1 Å². The molecule has 0 heterocycles. The van der Waals surface area contributed by atoms with Gasteiger partial charge in [0.25, 0.3) is 5.69 Å². The van der Waals surface area contributed by atoms with Gasteiger partial charge < -0.3 is 0 Å². The van der Waals surface area contributed by atoms with E-state index >= 15 is 0 Å². The van der Waals surface area contributed by atoms with Crippen LogP contribution in [-0.4, -0.2) is 13.3 Å². The van der Waals surface area contributed by atoms with Gasteiger partial charge in [0.2, 0.25) is 0 Å². The van der Waals surface area contributed by atoms with Crippen molar-refractivity contribution < 1.29 is 13.3 Å². The van der Waals surface area contributed by atoms with Gasteiger partial charge in [-0.2, -0.15) is 0 Å². The monoisotopic (exact) mass is 359 g/mol. The second kappa shape index (κ2) is 6.24. The lowest BCUT2D eigenvalue weighted by atomic mass is 10.1. The average Bonchev–Trinajstić information content (AvgIpc) is 2.43. The molecule has 0 aromatic heterocycles. The van der Waals surface area contributed by atoms with Crippen LogP contribution in [0.2, 0.25) is 10.0 Å². The summed E-state index contributed by atoms with van der Waals surface area (Å²) >= 11 is 11.7. The molecule has 2 aromatic carbocycles. The molecular formula is C14H11Cl2NO4S.